The molecule has 0 saturated heterocycles. The molecule has 1 atom stereocenters. The van der Waals surface area contributed by atoms with E-state index < -0.39 is 16.9 Å². The smallest absolute Gasteiger partial charge is 0.304 e. The van der Waals surface area contributed by atoms with Gasteiger partial charge < -0.3 is 10.8 Å². The van der Waals surface area contributed by atoms with Crippen LogP contribution in [0.2, 0.25) is 0 Å². The van der Waals surface area contributed by atoms with Crippen LogP contribution >= 0.6 is 15.9 Å². The number of benzene rings is 1. The molecule has 0 spiro atoms. The van der Waals surface area contributed by atoms with Crippen molar-refractivity contribution in [1.29, 1.82) is 0 Å². The van der Waals surface area contributed by atoms with Crippen molar-refractivity contribution in [3.63, 3.8) is 0 Å². The molecule has 0 amide bonds. The third-order valence-corrected chi connectivity index (χ3v) is 3.88. The predicted molar refractivity (Wildman–Crippen MR) is 72.0 cm³/mol. The van der Waals surface area contributed by atoms with Crippen LogP contribution in [0.25, 0.3) is 0 Å². The number of nitrogens with two attached hydrogens (primary N) is 1. The molecule has 0 heterocycles. The molecule has 0 aliphatic rings. The molecule has 0 aromatic heterocycles. The normalized spacial score (nSPS) is 15.4. The summed E-state index contributed by atoms with van der Waals surface area (Å²) in [5.41, 5.74) is 5.87. The summed E-state index contributed by atoms with van der Waals surface area (Å²) in [6.45, 7) is 5.61. The molecule has 3 nitrogen and oxygen atoms in total. The minimum Gasteiger partial charge on any atom is -0.481 e. The number of carboxylic acid groups (broad SMARTS) is 1. The van der Waals surface area contributed by atoms with Gasteiger partial charge in [-0.25, -0.2) is 0 Å². The van der Waals surface area contributed by atoms with Gasteiger partial charge in [0.25, 0.3) is 0 Å². The number of rotatable bonds is 4. The Morgan fingerprint density at radius 1 is 1.41 bits per heavy atom. The van der Waals surface area contributed by atoms with Gasteiger partial charge in [-0.3, -0.25) is 4.79 Å². The first kappa shape index (κ1) is 14.2. The van der Waals surface area contributed by atoms with E-state index in [1.54, 1.807) is 0 Å². The van der Waals surface area contributed by atoms with E-state index in [0.717, 1.165) is 10.0 Å². The number of hydrogen-bond acceptors (Lipinski definition) is 2. The highest BCUT2D eigenvalue weighted by atomic mass is 79.9. The van der Waals surface area contributed by atoms with Gasteiger partial charge in [-0.1, -0.05) is 35.0 Å². The summed E-state index contributed by atoms with van der Waals surface area (Å²) in [4.78, 5) is 11.1. The zero-order valence-corrected chi connectivity index (χ0v) is 11.9. The van der Waals surface area contributed by atoms with Gasteiger partial charge in [0.1, 0.15) is 0 Å². The molecule has 94 valence electrons. The first-order valence-electron chi connectivity index (χ1n) is 5.43. The zero-order valence-electron chi connectivity index (χ0n) is 10.3. The quantitative estimate of drug-likeness (QED) is 0.898. The van der Waals surface area contributed by atoms with Gasteiger partial charge in [0.05, 0.1) is 6.42 Å². The summed E-state index contributed by atoms with van der Waals surface area (Å²) in [7, 11) is 0. The van der Waals surface area contributed by atoms with Crippen molar-refractivity contribution < 1.29 is 9.90 Å². The minimum atomic E-state index is -0.842. The summed E-state index contributed by atoms with van der Waals surface area (Å²) in [6, 6.07) is 7.65. The Bertz CT molecular complexity index is 426. The van der Waals surface area contributed by atoms with Crippen LogP contribution in [0.15, 0.2) is 28.7 Å². The Balaban J connectivity index is 3.29. The number of hydrogen-bond donors (Lipinski definition) is 2. The highest BCUT2D eigenvalue weighted by Crippen LogP contribution is 2.37. The van der Waals surface area contributed by atoms with E-state index in [2.05, 4.69) is 15.9 Å². The minimum absolute atomic E-state index is 0.00690. The predicted octanol–water partition coefficient (Wildman–Crippen LogP) is 2.92. The molecule has 0 bridgehead atoms. The van der Waals surface area contributed by atoms with E-state index in [9.17, 15) is 4.79 Å². The van der Waals surface area contributed by atoms with E-state index in [1.165, 1.54) is 0 Å². The van der Waals surface area contributed by atoms with E-state index >= 15 is 0 Å². The molecule has 0 saturated carbocycles. The Labute approximate surface area is 110 Å². The molecule has 1 unspecified atom stereocenters. The summed E-state index contributed by atoms with van der Waals surface area (Å²) in [6.07, 6.45) is 0.00690. The van der Waals surface area contributed by atoms with Crippen LogP contribution in [0.1, 0.15) is 32.8 Å². The maximum Gasteiger partial charge on any atom is 0.304 e. The third kappa shape index (κ3) is 3.07. The molecule has 0 aliphatic carbocycles. The van der Waals surface area contributed by atoms with Crippen molar-refractivity contribution >= 4 is 21.9 Å². The van der Waals surface area contributed by atoms with Crippen LogP contribution in [0.5, 0.6) is 0 Å². The molecule has 17 heavy (non-hydrogen) atoms. The van der Waals surface area contributed by atoms with Crippen LogP contribution in [-0.2, 0) is 10.2 Å². The largest absolute Gasteiger partial charge is 0.481 e. The van der Waals surface area contributed by atoms with Crippen LogP contribution in [-0.4, -0.2) is 16.6 Å². The van der Waals surface area contributed by atoms with Gasteiger partial charge in [0.15, 0.2) is 0 Å². The summed E-state index contributed by atoms with van der Waals surface area (Å²) in [5, 5.41) is 9.08. The highest BCUT2D eigenvalue weighted by Gasteiger charge is 2.41. The van der Waals surface area contributed by atoms with Crippen molar-refractivity contribution in [2.45, 2.75) is 38.1 Å². The number of carbonyl (C=O) groups is 1. The lowest BCUT2D eigenvalue weighted by Gasteiger charge is -2.41. The maximum atomic E-state index is 11.1. The van der Waals surface area contributed by atoms with Crippen LogP contribution in [0, 0.1) is 0 Å². The highest BCUT2D eigenvalue weighted by molar-refractivity contribution is 9.10. The Morgan fingerprint density at radius 3 is 2.41 bits per heavy atom. The lowest BCUT2D eigenvalue weighted by molar-refractivity contribution is -0.139. The second-order valence-corrected chi connectivity index (χ2v) is 6.05. The van der Waals surface area contributed by atoms with E-state index in [4.69, 9.17) is 10.8 Å². The lowest BCUT2D eigenvalue weighted by Crippen LogP contribution is -2.53. The Morgan fingerprint density at radius 2 is 2.00 bits per heavy atom. The molecule has 0 fully saturated rings. The van der Waals surface area contributed by atoms with E-state index in [0.29, 0.717) is 0 Å². The SMILES string of the molecule is CC(C)(N)C(C)(CC(=O)O)c1cccc(Br)c1. The number of aliphatic carboxylic acids is 1. The summed E-state index contributed by atoms with van der Waals surface area (Å²) < 4.78 is 0.927. The molecule has 1 rings (SSSR count). The molecule has 0 aliphatic heterocycles. The molecule has 1 aromatic carbocycles. The van der Waals surface area contributed by atoms with Crippen molar-refractivity contribution in [2.24, 2.45) is 5.73 Å². The molecule has 3 N–H and O–H groups in total. The zero-order chi connectivity index (χ0) is 13.3. The van der Waals surface area contributed by atoms with Crippen molar-refractivity contribution in [3.8, 4) is 0 Å². The van der Waals surface area contributed by atoms with Crippen molar-refractivity contribution in [1.82, 2.24) is 0 Å². The van der Waals surface area contributed by atoms with Crippen LogP contribution in [0.3, 0.4) is 0 Å². The second-order valence-electron chi connectivity index (χ2n) is 5.13. The fraction of sp³-hybridized carbons (Fsp3) is 0.462. The van der Waals surface area contributed by atoms with Gasteiger partial charge in [-0.15, -0.1) is 0 Å². The molecule has 4 heteroatoms. The summed E-state index contributed by atoms with van der Waals surface area (Å²) in [5.74, 6) is -0.842. The topological polar surface area (TPSA) is 63.3 Å². The first-order chi connectivity index (χ1) is 7.67. The molecule has 1 aromatic rings. The fourth-order valence-electron chi connectivity index (χ4n) is 1.84. The Kier molecular flexibility index (Phi) is 3.99. The van der Waals surface area contributed by atoms with Crippen molar-refractivity contribution in [2.75, 3.05) is 0 Å². The summed E-state index contributed by atoms with van der Waals surface area (Å²) >= 11 is 3.40. The maximum absolute atomic E-state index is 11.1. The molecular weight excluding hydrogens is 282 g/mol. The van der Waals surface area contributed by atoms with Gasteiger partial charge in [0.2, 0.25) is 0 Å². The van der Waals surface area contributed by atoms with Crippen LogP contribution < -0.4 is 5.73 Å². The average Bonchev–Trinajstić information content (AvgIpc) is 2.14. The fourth-order valence-corrected chi connectivity index (χ4v) is 2.24. The van der Waals surface area contributed by atoms with Gasteiger partial charge in [-0.05, 0) is 31.5 Å². The molecule has 0 radical (unpaired) electrons. The van der Waals surface area contributed by atoms with Crippen molar-refractivity contribution in [3.05, 3.63) is 34.3 Å². The average molecular weight is 300 g/mol. The first-order valence-corrected chi connectivity index (χ1v) is 6.23. The third-order valence-electron chi connectivity index (χ3n) is 3.39. The Hall–Kier alpha value is -0.870. The monoisotopic (exact) mass is 299 g/mol. The standard InChI is InChI=1S/C13H18BrNO2/c1-12(2,15)13(3,8-11(16)17)9-5-4-6-10(14)7-9/h4-7H,8,15H2,1-3H3,(H,16,17). The van der Waals surface area contributed by atoms with E-state index in [-0.39, 0.29) is 6.42 Å². The number of carboxylic acids is 1. The van der Waals surface area contributed by atoms with Crippen LogP contribution in [0.4, 0.5) is 0 Å². The second kappa shape index (κ2) is 4.78. The van der Waals surface area contributed by atoms with Gasteiger partial charge in [-0.2, -0.15) is 0 Å². The van der Waals surface area contributed by atoms with Gasteiger partial charge in [0, 0.05) is 15.4 Å². The van der Waals surface area contributed by atoms with Gasteiger partial charge >= 0.3 is 5.97 Å². The molecular formula is C13H18BrNO2. The lowest BCUT2D eigenvalue weighted by atomic mass is 9.66. The van der Waals surface area contributed by atoms with E-state index in [1.807, 2.05) is 45.0 Å². The number of halogens is 1.